The lowest BCUT2D eigenvalue weighted by Crippen LogP contribution is -2.30. The summed E-state index contributed by atoms with van der Waals surface area (Å²) in [7, 11) is -2.99. The first-order valence-corrected chi connectivity index (χ1v) is 8.37. The molecule has 0 aliphatic carbocycles. The first-order valence-electron chi connectivity index (χ1n) is 6.27. The van der Waals surface area contributed by atoms with Crippen molar-refractivity contribution < 1.29 is 8.42 Å². The van der Waals surface area contributed by atoms with Gasteiger partial charge in [-0.15, -0.1) is 10.2 Å². The summed E-state index contributed by atoms with van der Waals surface area (Å²) >= 11 is 6.03. The molecular formula is C12H14ClN3O2S. The van der Waals surface area contributed by atoms with Crippen molar-refractivity contribution in [2.75, 3.05) is 5.75 Å². The van der Waals surface area contributed by atoms with E-state index < -0.39 is 9.84 Å². The standard InChI is InChI=1S/C12H14ClN3O2S/c13-10-5-3-6-16-11(14-15-12(10)16)8-9-4-1-2-7-19(9,17)18/h3,5-6,9H,1-2,4,7-8H2. The number of hydrogen-bond donors (Lipinski definition) is 0. The molecule has 3 rings (SSSR count). The van der Waals surface area contributed by atoms with Crippen LogP contribution < -0.4 is 0 Å². The fourth-order valence-electron chi connectivity index (χ4n) is 2.52. The number of pyridine rings is 1. The molecule has 0 bridgehead atoms. The van der Waals surface area contributed by atoms with Crippen LogP contribution >= 0.6 is 11.6 Å². The van der Waals surface area contributed by atoms with Crippen LogP contribution in [0.3, 0.4) is 0 Å². The Morgan fingerprint density at radius 2 is 2.21 bits per heavy atom. The van der Waals surface area contributed by atoms with E-state index in [1.165, 1.54) is 0 Å². The third-order valence-electron chi connectivity index (χ3n) is 3.58. The Balaban J connectivity index is 1.95. The van der Waals surface area contributed by atoms with Crippen LogP contribution in [0.15, 0.2) is 18.3 Å². The Kier molecular flexibility index (Phi) is 3.22. The van der Waals surface area contributed by atoms with Crippen molar-refractivity contribution in [3.05, 3.63) is 29.2 Å². The molecule has 1 saturated heterocycles. The van der Waals surface area contributed by atoms with Crippen LogP contribution in [0.2, 0.25) is 5.02 Å². The fraction of sp³-hybridized carbons (Fsp3) is 0.500. The Morgan fingerprint density at radius 1 is 1.37 bits per heavy atom. The van der Waals surface area contributed by atoms with E-state index in [-0.39, 0.29) is 11.0 Å². The molecule has 0 aromatic carbocycles. The highest BCUT2D eigenvalue weighted by Gasteiger charge is 2.30. The summed E-state index contributed by atoms with van der Waals surface area (Å²) in [6, 6.07) is 3.55. The average Bonchev–Trinajstić information content (AvgIpc) is 2.77. The Hall–Kier alpha value is -1.14. The van der Waals surface area contributed by atoms with Gasteiger partial charge in [-0.25, -0.2) is 8.42 Å². The largest absolute Gasteiger partial charge is 0.285 e. The van der Waals surface area contributed by atoms with Crippen LogP contribution in [-0.2, 0) is 16.3 Å². The molecule has 1 fully saturated rings. The zero-order valence-corrected chi connectivity index (χ0v) is 11.9. The van der Waals surface area contributed by atoms with Crippen LogP contribution in [0, 0.1) is 0 Å². The SMILES string of the molecule is O=S1(=O)CCCCC1Cc1nnc2c(Cl)cccn12. The Labute approximate surface area is 116 Å². The monoisotopic (exact) mass is 299 g/mol. The summed E-state index contributed by atoms with van der Waals surface area (Å²) in [5.74, 6) is 0.947. The minimum absolute atomic E-state index is 0.287. The van der Waals surface area contributed by atoms with Crippen LogP contribution in [0.4, 0.5) is 0 Å². The molecular weight excluding hydrogens is 286 g/mol. The lowest BCUT2D eigenvalue weighted by Gasteiger charge is -2.21. The molecule has 7 heteroatoms. The van der Waals surface area contributed by atoms with Crippen LogP contribution in [0.1, 0.15) is 25.1 Å². The molecule has 0 radical (unpaired) electrons. The Morgan fingerprint density at radius 3 is 3.00 bits per heavy atom. The van der Waals surface area contributed by atoms with Gasteiger partial charge in [-0.05, 0) is 25.0 Å². The number of hydrogen-bond acceptors (Lipinski definition) is 4. The molecule has 1 unspecified atom stereocenters. The molecule has 0 saturated carbocycles. The molecule has 102 valence electrons. The van der Waals surface area contributed by atoms with Crippen molar-refractivity contribution in [3.63, 3.8) is 0 Å². The van der Waals surface area contributed by atoms with Crippen LogP contribution in [0.25, 0.3) is 5.65 Å². The second-order valence-electron chi connectivity index (χ2n) is 4.85. The topological polar surface area (TPSA) is 64.3 Å². The molecule has 19 heavy (non-hydrogen) atoms. The molecule has 1 aliphatic rings. The van der Waals surface area contributed by atoms with Gasteiger partial charge < -0.3 is 0 Å². The number of rotatable bonds is 2. The summed E-state index contributed by atoms with van der Waals surface area (Å²) in [6.07, 6.45) is 4.65. The van der Waals surface area contributed by atoms with Gasteiger partial charge in [0.25, 0.3) is 0 Å². The number of halogens is 1. The van der Waals surface area contributed by atoms with E-state index in [0.717, 1.165) is 12.8 Å². The summed E-state index contributed by atoms with van der Waals surface area (Å²) in [5, 5.41) is 8.28. The maximum absolute atomic E-state index is 12.0. The fourth-order valence-corrected chi connectivity index (χ4v) is 4.59. The predicted molar refractivity (Wildman–Crippen MR) is 73.1 cm³/mol. The molecule has 2 aromatic rings. The lowest BCUT2D eigenvalue weighted by atomic mass is 10.1. The normalized spacial score (nSPS) is 22.7. The lowest BCUT2D eigenvalue weighted by molar-refractivity contribution is 0.533. The Bertz CT molecular complexity index is 711. The molecule has 5 nitrogen and oxygen atoms in total. The van der Waals surface area contributed by atoms with E-state index in [1.807, 2.05) is 6.20 Å². The minimum atomic E-state index is -2.99. The summed E-state index contributed by atoms with van der Waals surface area (Å²) in [5.41, 5.74) is 0.576. The first kappa shape index (κ1) is 12.9. The summed E-state index contributed by atoms with van der Waals surface area (Å²) < 4.78 is 25.8. The van der Waals surface area contributed by atoms with E-state index in [9.17, 15) is 8.42 Å². The summed E-state index contributed by atoms with van der Waals surface area (Å²) in [4.78, 5) is 0. The van der Waals surface area contributed by atoms with Crippen LogP contribution in [-0.4, -0.2) is 34.0 Å². The molecule has 1 atom stereocenters. The van der Waals surface area contributed by atoms with Crippen molar-refractivity contribution in [1.82, 2.24) is 14.6 Å². The zero-order valence-electron chi connectivity index (χ0n) is 10.3. The van der Waals surface area contributed by atoms with Gasteiger partial charge in [0.15, 0.2) is 15.5 Å². The van der Waals surface area contributed by atoms with Gasteiger partial charge in [-0.2, -0.15) is 0 Å². The van der Waals surface area contributed by atoms with Gasteiger partial charge in [0.2, 0.25) is 0 Å². The number of fused-ring (bicyclic) bond motifs is 1. The highest BCUT2D eigenvalue weighted by molar-refractivity contribution is 7.92. The second-order valence-corrected chi connectivity index (χ2v) is 7.66. The smallest absolute Gasteiger partial charge is 0.179 e. The van der Waals surface area contributed by atoms with Gasteiger partial charge >= 0.3 is 0 Å². The minimum Gasteiger partial charge on any atom is -0.285 e. The van der Waals surface area contributed by atoms with Gasteiger partial charge in [0, 0.05) is 12.6 Å². The first-order chi connectivity index (χ1) is 9.08. The molecule has 0 spiro atoms. The van der Waals surface area contributed by atoms with Crippen molar-refractivity contribution in [3.8, 4) is 0 Å². The number of nitrogens with zero attached hydrogens (tertiary/aromatic N) is 3. The highest BCUT2D eigenvalue weighted by atomic mass is 35.5. The third-order valence-corrected chi connectivity index (χ3v) is 6.15. The maximum Gasteiger partial charge on any atom is 0.179 e. The van der Waals surface area contributed by atoms with Crippen molar-refractivity contribution >= 4 is 27.1 Å². The molecule has 0 N–H and O–H groups in total. The van der Waals surface area contributed by atoms with E-state index in [4.69, 9.17) is 11.6 Å². The third kappa shape index (κ3) is 2.34. The van der Waals surface area contributed by atoms with E-state index >= 15 is 0 Å². The quantitative estimate of drug-likeness (QED) is 0.849. The molecule has 2 aromatic heterocycles. The maximum atomic E-state index is 12.0. The van der Waals surface area contributed by atoms with Gasteiger partial charge in [0.1, 0.15) is 5.82 Å². The second kappa shape index (κ2) is 4.76. The number of aromatic nitrogens is 3. The summed E-state index contributed by atoms with van der Waals surface area (Å²) in [6.45, 7) is 0. The molecule has 3 heterocycles. The van der Waals surface area contributed by atoms with Gasteiger partial charge in [0.05, 0.1) is 16.0 Å². The average molecular weight is 300 g/mol. The number of sulfone groups is 1. The van der Waals surface area contributed by atoms with E-state index in [0.29, 0.717) is 29.3 Å². The van der Waals surface area contributed by atoms with Gasteiger partial charge in [-0.1, -0.05) is 18.0 Å². The van der Waals surface area contributed by atoms with Gasteiger partial charge in [-0.3, -0.25) is 4.40 Å². The van der Waals surface area contributed by atoms with Crippen molar-refractivity contribution in [1.29, 1.82) is 0 Å². The van der Waals surface area contributed by atoms with E-state index in [1.54, 1.807) is 16.5 Å². The molecule has 1 aliphatic heterocycles. The van der Waals surface area contributed by atoms with Crippen molar-refractivity contribution in [2.45, 2.75) is 30.9 Å². The highest BCUT2D eigenvalue weighted by Crippen LogP contribution is 2.23. The predicted octanol–water partition coefficient (Wildman–Crippen LogP) is 1.89. The zero-order chi connectivity index (χ0) is 13.5. The van der Waals surface area contributed by atoms with E-state index in [2.05, 4.69) is 10.2 Å². The molecule has 0 amide bonds. The van der Waals surface area contributed by atoms with Crippen molar-refractivity contribution in [2.24, 2.45) is 0 Å². The van der Waals surface area contributed by atoms with Crippen LogP contribution in [0.5, 0.6) is 0 Å².